The van der Waals surface area contributed by atoms with Crippen LogP contribution in [0.2, 0.25) is 0 Å². The van der Waals surface area contributed by atoms with Gasteiger partial charge >= 0.3 is 0 Å². The van der Waals surface area contributed by atoms with Gasteiger partial charge in [0.05, 0.1) is 11.6 Å². The van der Waals surface area contributed by atoms with Crippen molar-refractivity contribution in [2.75, 3.05) is 26.7 Å². The van der Waals surface area contributed by atoms with Crippen molar-refractivity contribution >= 4 is 11.8 Å². The molecule has 2 aliphatic rings. The Balaban J connectivity index is 1.76. The normalized spacial score (nSPS) is 21.9. The fourth-order valence-corrected chi connectivity index (χ4v) is 5.30. The minimum Gasteiger partial charge on any atom is -0.491 e. The Hall–Kier alpha value is -2.04. The third-order valence-electron chi connectivity index (χ3n) is 7.50. The van der Waals surface area contributed by atoms with Gasteiger partial charge in [-0.15, -0.1) is 0 Å². The van der Waals surface area contributed by atoms with Crippen molar-refractivity contribution in [3.63, 3.8) is 0 Å². The van der Waals surface area contributed by atoms with Gasteiger partial charge in [0.1, 0.15) is 12.4 Å². The average molecular weight is 457 g/mol. The maximum Gasteiger partial charge on any atom is 0.257 e. The Morgan fingerprint density at radius 1 is 1.00 bits per heavy atom. The lowest BCUT2D eigenvalue weighted by molar-refractivity contribution is -0.135. The Morgan fingerprint density at radius 3 is 2.39 bits per heavy atom. The van der Waals surface area contributed by atoms with Crippen molar-refractivity contribution in [2.45, 2.75) is 90.5 Å². The van der Waals surface area contributed by atoms with Crippen LogP contribution in [-0.2, 0) is 4.79 Å². The van der Waals surface area contributed by atoms with Crippen LogP contribution in [0.15, 0.2) is 24.3 Å². The number of rotatable bonds is 4. The zero-order chi connectivity index (χ0) is 23.6. The zero-order valence-corrected chi connectivity index (χ0v) is 21.1. The van der Waals surface area contributed by atoms with Crippen LogP contribution in [0.1, 0.15) is 94.8 Å². The van der Waals surface area contributed by atoms with E-state index in [9.17, 15) is 9.59 Å². The van der Waals surface area contributed by atoms with E-state index in [0.717, 1.165) is 45.2 Å². The topological polar surface area (TPSA) is 49.9 Å². The summed E-state index contributed by atoms with van der Waals surface area (Å²) in [7, 11) is 1.87. The van der Waals surface area contributed by atoms with Gasteiger partial charge in [-0.3, -0.25) is 9.59 Å². The van der Waals surface area contributed by atoms with Crippen LogP contribution in [0.5, 0.6) is 5.75 Å². The predicted octanol–water partition coefficient (Wildman–Crippen LogP) is 5.93. The second kappa shape index (κ2) is 13.0. The Bertz CT molecular complexity index is 757. The molecule has 1 atom stereocenters. The summed E-state index contributed by atoms with van der Waals surface area (Å²) >= 11 is 0. The molecule has 5 heteroatoms. The maximum absolute atomic E-state index is 13.4. The number of carbonyl (C=O) groups excluding carboxylic acids is 2. The standard InChI is InChI=1S/C28H44N2O3/c1-22(2)25-21-33-26-16-10-9-15-24(26)28(32)29(3)19-11-4-5-12-20-30(25)27(31)18-17-23-13-7-6-8-14-23/h9-10,15-16,22-23,25H,4-8,11-14,17-21H2,1-3H3/t25-/m1/s1. The van der Waals surface area contributed by atoms with Crippen LogP contribution in [0.4, 0.5) is 0 Å². The molecule has 1 aromatic carbocycles. The van der Waals surface area contributed by atoms with E-state index in [-0.39, 0.29) is 23.8 Å². The van der Waals surface area contributed by atoms with E-state index < -0.39 is 0 Å². The highest BCUT2D eigenvalue weighted by Gasteiger charge is 2.28. The molecule has 1 fully saturated rings. The zero-order valence-electron chi connectivity index (χ0n) is 21.1. The summed E-state index contributed by atoms with van der Waals surface area (Å²) in [6.07, 6.45) is 12.4. The van der Waals surface area contributed by atoms with Gasteiger partial charge in [-0.25, -0.2) is 0 Å². The number of carbonyl (C=O) groups is 2. The second-order valence-electron chi connectivity index (χ2n) is 10.4. The van der Waals surface area contributed by atoms with E-state index in [2.05, 4.69) is 18.7 Å². The lowest BCUT2D eigenvalue weighted by Gasteiger charge is -2.35. The smallest absolute Gasteiger partial charge is 0.257 e. The van der Waals surface area contributed by atoms with Crippen LogP contribution in [0.25, 0.3) is 0 Å². The molecule has 2 amide bonds. The number of nitrogens with zero attached hydrogens (tertiary/aromatic N) is 2. The Morgan fingerprint density at radius 2 is 1.67 bits per heavy atom. The van der Waals surface area contributed by atoms with Crippen molar-refractivity contribution in [1.82, 2.24) is 9.80 Å². The summed E-state index contributed by atoms with van der Waals surface area (Å²) in [5.74, 6) is 1.89. The molecule has 33 heavy (non-hydrogen) atoms. The Kier molecular flexibility index (Phi) is 10.1. The van der Waals surface area contributed by atoms with E-state index in [4.69, 9.17) is 4.74 Å². The summed E-state index contributed by atoms with van der Waals surface area (Å²) in [4.78, 5) is 30.4. The molecule has 0 saturated heterocycles. The lowest BCUT2D eigenvalue weighted by atomic mass is 9.86. The van der Waals surface area contributed by atoms with Crippen LogP contribution in [-0.4, -0.2) is 54.4 Å². The Labute approximate surface area is 200 Å². The first kappa shape index (κ1) is 25.6. The third-order valence-corrected chi connectivity index (χ3v) is 7.50. The minimum atomic E-state index is 0.00386. The molecule has 0 aromatic heterocycles. The number of hydrogen-bond acceptors (Lipinski definition) is 3. The van der Waals surface area contributed by atoms with Gasteiger partial charge in [0.15, 0.2) is 0 Å². The van der Waals surface area contributed by atoms with Gasteiger partial charge in [0.25, 0.3) is 5.91 Å². The summed E-state index contributed by atoms with van der Waals surface area (Å²) in [6, 6.07) is 7.52. The molecule has 184 valence electrons. The molecule has 3 rings (SSSR count). The fourth-order valence-electron chi connectivity index (χ4n) is 5.30. The van der Waals surface area contributed by atoms with Crippen molar-refractivity contribution in [3.05, 3.63) is 29.8 Å². The van der Waals surface area contributed by atoms with Gasteiger partial charge in [0, 0.05) is 26.6 Å². The number of benzene rings is 1. The van der Waals surface area contributed by atoms with E-state index in [1.807, 2.05) is 31.3 Å². The maximum atomic E-state index is 13.4. The molecule has 1 aliphatic heterocycles. The average Bonchev–Trinajstić information content (AvgIpc) is 2.83. The SMILES string of the molecule is CC(C)[C@H]1COc2ccccc2C(=O)N(C)CCCCCCN1C(=O)CCC1CCCCC1. The number of hydrogen-bond donors (Lipinski definition) is 0. The largest absolute Gasteiger partial charge is 0.491 e. The summed E-state index contributed by atoms with van der Waals surface area (Å²) in [5, 5.41) is 0. The highest BCUT2D eigenvalue weighted by atomic mass is 16.5. The van der Waals surface area contributed by atoms with Gasteiger partial charge < -0.3 is 14.5 Å². The summed E-state index contributed by atoms with van der Waals surface area (Å²) < 4.78 is 6.26. The molecule has 0 N–H and O–H groups in total. The molecule has 1 aromatic rings. The molecule has 1 saturated carbocycles. The number of ether oxygens (including phenoxy) is 1. The molecule has 0 unspecified atom stereocenters. The summed E-state index contributed by atoms with van der Waals surface area (Å²) in [5.41, 5.74) is 0.606. The van der Waals surface area contributed by atoms with E-state index in [1.54, 1.807) is 4.90 Å². The molecule has 1 aliphatic carbocycles. The molecule has 0 bridgehead atoms. The van der Waals surface area contributed by atoms with Gasteiger partial charge in [-0.2, -0.15) is 0 Å². The minimum absolute atomic E-state index is 0.00386. The molecular weight excluding hydrogens is 412 g/mol. The van der Waals surface area contributed by atoms with Crippen molar-refractivity contribution in [1.29, 1.82) is 0 Å². The van der Waals surface area contributed by atoms with Crippen LogP contribution in [0.3, 0.4) is 0 Å². The molecule has 1 heterocycles. The van der Waals surface area contributed by atoms with Crippen LogP contribution >= 0.6 is 0 Å². The molecular formula is C28H44N2O3. The highest BCUT2D eigenvalue weighted by molar-refractivity contribution is 5.96. The van der Waals surface area contributed by atoms with Crippen molar-refractivity contribution in [3.8, 4) is 5.75 Å². The number of para-hydroxylation sites is 1. The van der Waals surface area contributed by atoms with Gasteiger partial charge in [-0.05, 0) is 43.2 Å². The second-order valence-corrected chi connectivity index (χ2v) is 10.4. The summed E-state index contributed by atoms with van der Waals surface area (Å²) in [6.45, 7) is 6.30. The molecule has 0 radical (unpaired) electrons. The van der Waals surface area contributed by atoms with E-state index >= 15 is 0 Å². The van der Waals surface area contributed by atoms with Crippen molar-refractivity contribution < 1.29 is 14.3 Å². The first-order valence-electron chi connectivity index (χ1n) is 13.2. The first-order valence-corrected chi connectivity index (χ1v) is 13.2. The third kappa shape index (κ3) is 7.48. The quantitative estimate of drug-likeness (QED) is 0.565. The van der Waals surface area contributed by atoms with Gasteiger partial charge in [-0.1, -0.05) is 70.9 Å². The lowest BCUT2D eigenvalue weighted by Crippen LogP contribution is -2.47. The van der Waals surface area contributed by atoms with Gasteiger partial charge in [0.2, 0.25) is 5.91 Å². The van der Waals surface area contributed by atoms with E-state index in [1.165, 1.54) is 32.1 Å². The molecule has 5 nitrogen and oxygen atoms in total. The van der Waals surface area contributed by atoms with E-state index in [0.29, 0.717) is 30.3 Å². The van der Waals surface area contributed by atoms with Crippen LogP contribution in [0, 0.1) is 11.8 Å². The monoisotopic (exact) mass is 456 g/mol. The molecule has 0 spiro atoms. The number of fused-ring (bicyclic) bond motifs is 1. The highest BCUT2D eigenvalue weighted by Crippen LogP contribution is 2.28. The number of amides is 2. The van der Waals surface area contributed by atoms with Crippen LogP contribution < -0.4 is 4.74 Å². The fraction of sp³-hybridized carbons (Fsp3) is 0.714. The van der Waals surface area contributed by atoms with Crippen molar-refractivity contribution in [2.24, 2.45) is 11.8 Å². The first-order chi connectivity index (χ1) is 16.0. The predicted molar refractivity (Wildman–Crippen MR) is 134 cm³/mol.